The van der Waals surface area contributed by atoms with Gasteiger partial charge >= 0.3 is 5.97 Å². The van der Waals surface area contributed by atoms with E-state index in [2.05, 4.69) is 0 Å². The van der Waals surface area contributed by atoms with E-state index in [4.69, 9.17) is 10.2 Å². The number of rotatable bonds is 4. The molecule has 0 aliphatic heterocycles. The first kappa shape index (κ1) is 10.2. The van der Waals surface area contributed by atoms with Crippen molar-refractivity contribution in [3.05, 3.63) is 11.6 Å². The molecule has 0 aromatic rings. The van der Waals surface area contributed by atoms with E-state index in [0.29, 0.717) is 6.42 Å². The van der Waals surface area contributed by atoms with Gasteiger partial charge in [0.25, 0.3) is 0 Å². The maximum absolute atomic E-state index is 10.3. The zero-order valence-electron chi connectivity index (χ0n) is 6.87. The second-order valence-corrected chi connectivity index (χ2v) is 2.51. The maximum atomic E-state index is 10.3. The van der Waals surface area contributed by atoms with Crippen molar-refractivity contribution in [2.75, 3.05) is 0 Å². The van der Waals surface area contributed by atoms with Crippen LogP contribution in [0.5, 0.6) is 0 Å². The van der Waals surface area contributed by atoms with Gasteiger partial charge in [0.05, 0.1) is 6.10 Å². The lowest BCUT2D eigenvalue weighted by atomic mass is 10.1. The molecule has 0 bridgehead atoms. The van der Waals surface area contributed by atoms with Crippen molar-refractivity contribution < 1.29 is 15.0 Å². The molecular weight excluding hydrogens is 144 g/mol. The van der Waals surface area contributed by atoms with Crippen molar-refractivity contribution in [2.45, 2.75) is 32.8 Å². The van der Waals surface area contributed by atoms with Gasteiger partial charge in [-0.3, -0.25) is 0 Å². The second-order valence-electron chi connectivity index (χ2n) is 2.51. The van der Waals surface area contributed by atoms with Crippen molar-refractivity contribution >= 4 is 5.97 Å². The summed E-state index contributed by atoms with van der Waals surface area (Å²) in [4.78, 5) is 10.3. The Bertz CT molecular complexity index is 161. The molecule has 0 aliphatic rings. The fourth-order valence-corrected chi connectivity index (χ4v) is 0.739. The highest BCUT2D eigenvalue weighted by Gasteiger charge is 2.03. The van der Waals surface area contributed by atoms with Crippen LogP contribution in [0.15, 0.2) is 11.6 Å². The lowest BCUT2D eigenvalue weighted by Crippen LogP contribution is -2.05. The fraction of sp³-hybridized carbons (Fsp3) is 0.625. The molecule has 0 radical (unpaired) electrons. The molecule has 1 unspecified atom stereocenters. The van der Waals surface area contributed by atoms with Gasteiger partial charge in [-0.2, -0.15) is 0 Å². The molecule has 11 heavy (non-hydrogen) atoms. The molecule has 2 N–H and O–H groups in total. The van der Waals surface area contributed by atoms with Gasteiger partial charge in [0.2, 0.25) is 0 Å². The molecule has 0 aromatic carbocycles. The van der Waals surface area contributed by atoms with Crippen LogP contribution in [0.4, 0.5) is 0 Å². The predicted molar refractivity (Wildman–Crippen MR) is 42.3 cm³/mol. The highest BCUT2D eigenvalue weighted by atomic mass is 16.4. The zero-order chi connectivity index (χ0) is 8.85. The average molecular weight is 158 g/mol. The van der Waals surface area contributed by atoms with E-state index in [0.717, 1.165) is 6.42 Å². The maximum Gasteiger partial charge on any atom is 0.331 e. The summed E-state index contributed by atoms with van der Waals surface area (Å²) in [5.74, 6) is -0.972. The molecule has 0 aliphatic carbocycles. The third-order valence-corrected chi connectivity index (χ3v) is 1.36. The molecule has 0 spiro atoms. The van der Waals surface area contributed by atoms with Crippen LogP contribution in [0, 0.1) is 0 Å². The third-order valence-electron chi connectivity index (χ3n) is 1.36. The normalized spacial score (nSPS) is 14.6. The Morgan fingerprint density at radius 1 is 1.64 bits per heavy atom. The Balaban J connectivity index is 3.96. The van der Waals surface area contributed by atoms with E-state index < -0.39 is 12.1 Å². The van der Waals surface area contributed by atoms with Crippen LogP contribution in [0.3, 0.4) is 0 Å². The van der Waals surface area contributed by atoms with Crippen molar-refractivity contribution in [1.29, 1.82) is 0 Å². The summed E-state index contributed by atoms with van der Waals surface area (Å²) in [7, 11) is 0. The minimum atomic E-state index is -0.972. The Kier molecular flexibility index (Phi) is 4.54. The standard InChI is InChI=1S/C8H14O3/c1-3-4-7(9)5-6(2)8(10)11/h5,7,9H,3-4H2,1-2H3,(H,10,11)/b6-5-. The van der Waals surface area contributed by atoms with Gasteiger partial charge in [0.15, 0.2) is 0 Å². The van der Waals surface area contributed by atoms with Crippen molar-refractivity contribution in [2.24, 2.45) is 0 Å². The molecule has 0 rings (SSSR count). The zero-order valence-corrected chi connectivity index (χ0v) is 6.87. The van der Waals surface area contributed by atoms with Crippen LogP contribution in [0.2, 0.25) is 0 Å². The first-order chi connectivity index (χ1) is 5.07. The first-order valence-corrected chi connectivity index (χ1v) is 3.67. The van der Waals surface area contributed by atoms with Gasteiger partial charge in [-0.1, -0.05) is 13.3 Å². The lowest BCUT2D eigenvalue weighted by molar-refractivity contribution is -0.132. The summed E-state index contributed by atoms with van der Waals surface area (Å²) < 4.78 is 0. The number of aliphatic hydroxyl groups excluding tert-OH is 1. The van der Waals surface area contributed by atoms with Gasteiger partial charge in [-0.25, -0.2) is 4.79 Å². The molecule has 3 heteroatoms. The van der Waals surface area contributed by atoms with Gasteiger partial charge in [0.1, 0.15) is 0 Å². The SMILES string of the molecule is CCCC(O)/C=C(/C)C(=O)O. The monoisotopic (exact) mass is 158 g/mol. The lowest BCUT2D eigenvalue weighted by Gasteiger charge is -2.02. The van der Waals surface area contributed by atoms with E-state index in [1.807, 2.05) is 6.92 Å². The summed E-state index contributed by atoms with van der Waals surface area (Å²) >= 11 is 0. The number of hydrogen-bond acceptors (Lipinski definition) is 2. The average Bonchev–Trinajstić information content (AvgIpc) is 1.87. The highest BCUT2D eigenvalue weighted by Crippen LogP contribution is 2.01. The summed E-state index contributed by atoms with van der Waals surface area (Å²) in [6.07, 6.45) is 2.22. The van der Waals surface area contributed by atoms with E-state index in [1.165, 1.54) is 13.0 Å². The summed E-state index contributed by atoms with van der Waals surface area (Å²) in [6.45, 7) is 3.41. The van der Waals surface area contributed by atoms with Crippen molar-refractivity contribution in [3.8, 4) is 0 Å². The molecule has 0 fully saturated rings. The summed E-state index contributed by atoms with van der Waals surface area (Å²) in [6, 6.07) is 0. The number of carboxylic acids is 1. The molecule has 0 amide bonds. The van der Waals surface area contributed by atoms with Crippen molar-refractivity contribution in [1.82, 2.24) is 0 Å². The van der Waals surface area contributed by atoms with Gasteiger partial charge in [-0.05, 0) is 19.4 Å². The predicted octanol–water partition coefficient (Wildman–Crippen LogP) is 1.18. The molecule has 0 saturated heterocycles. The quantitative estimate of drug-likeness (QED) is 0.604. The molecule has 0 aromatic heterocycles. The molecule has 64 valence electrons. The molecule has 3 nitrogen and oxygen atoms in total. The van der Waals surface area contributed by atoms with Crippen LogP contribution in [0.1, 0.15) is 26.7 Å². The topological polar surface area (TPSA) is 57.5 Å². The number of hydrogen-bond donors (Lipinski definition) is 2. The van der Waals surface area contributed by atoms with Gasteiger partial charge in [0, 0.05) is 5.57 Å². The number of carbonyl (C=O) groups is 1. The van der Waals surface area contributed by atoms with Crippen molar-refractivity contribution in [3.63, 3.8) is 0 Å². The summed E-state index contributed by atoms with van der Waals surface area (Å²) in [5.41, 5.74) is 0.200. The Morgan fingerprint density at radius 2 is 2.18 bits per heavy atom. The van der Waals surface area contributed by atoms with Crippen LogP contribution < -0.4 is 0 Å². The number of carboxylic acid groups (broad SMARTS) is 1. The second kappa shape index (κ2) is 4.91. The Morgan fingerprint density at radius 3 is 2.55 bits per heavy atom. The molecular formula is C8H14O3. The highest BCUT2D eigenvalue weighted by molar-refractivity contribution is 5.85. The fourth-order valence-electron chi connectivity index (χ4n) is 0.739. The Hall–Kier alpha value is -0.830. The molecule has 0 heterocycles. The largest absolute Gasteiger partial charge is 0.478 e. The van der Waals surface area contributed by atoms with E-state index in [9.17, 15) is 4.79 Å². The number of aliphatic carboxylic acids is 1. The van der Waals surface area contributed by atoms with Gasteiger partial charge < -0.3 is 10.2 Å². The minimum Gasteiger partial charge on any atom is -0.478 e. The van der Waals surface area contributed by atoms with E-state index >= 15 is 0 Å². The Labute approximate surface area is 66.4 Å². The third kappa shape index (κ3) is 4.56. The smallest absolute Gasteiger partial charge is 0.331 e. The van der Waals surface area contributed by atoms with Crippen LogP contribution >= 0.6 is 0 Å². The number of aliphatic hydroxyl groups is 1. The first-order valence-electron chi connectivity index (χ1n) is 3.67. The minimum absolute atomic E-state index is 0.200. The molecule has 0 saturated carbocycles. The summed E-state index contributed by atoms with van der Waals surface area (Å²) in [5, 5.41) is 17.5. The molecule has 1 atom stereocenters. The van der Waals surface area contributed by atoms with Crippen LogP contribution in [-0.4, -0.2) is 22.3 Å². The van der Waals surface area contributed by atoms with E-state index in [-0.39, 0.29) is 5.57 Å². The van der Waals surface area contributed by atoms with E-state index in [1.54, 1.807) is 0 Å². The van der Waals surface area contributed by atoms with Crippen LogP contribution in [-0.2, 0) is 4.79 Å². The van der Waals surface area contributed by atoms with Gasteiger partial charge in [-0.15, -0.1) is 0 Å². The van der Waals surface area contributed by atoms with Crippen LogP contribution in [0.25, 0.3) is 0 Å².